The molecule has 2 bridgehead atoms. The molecule has 5 heteroatoms. The highest BCUT2D eigenvalue weighted by molar-refractivity contribution is 7.81. The molecule has 0 unspecified atom stereocenters. The third-order valence-electron chi connectivity index (χ3n) is 8.41. The van der Waals surface area contributed by atoms with Crippen molar-refractivity contribution in [1.29, 1.82) is 0 Å². The van der Waals surface area contributed by atoms with Gasteiger partial charge in [-0.1, -0.05) is 57.3 Å². The van der Waals surface area contributed by atoms with Crippen LogP contribution in [-0.2, 0) is 0 Å². The van der Waals surface area contributed by atoms with E-state index in [1.807, 2.05) is 47.8 Å². The molecular formula is C27H32N2OS2. The Balaban J connectivity index is 1.65. The van der Waals surface area contributed by atoms with E-state index in [-0.39, 0.29) is 16.7 Å². The number of anilines is 1. The van der Waals surface area contributed by atoms with Crippen molar-refractivity contribution in [1.82, 2.24) is 4.90 Å². The van der Waals surface area contributed by atoms with Crippen molar-refractivity contribution in [2.45, 2.75) is 52.9 Å². The van der Waals surface area contributed by atoms with Crippen LogP contribution >= 0.6 is 23.6 Å². The predicted molar refractivity (Wildman–Crippen MR) is 137 cm³/mol. The second kappa shape index (κ2) is 8.11. The monoisotopic (exact) mass is 464 g/mol. The number of likely N-dealkylation sites (tertiary alicyclic amines) is 1. The number of piperidine rings is 1. The summed E-state index contributed by atoms with van der Waals surface area (Å²) in [6.45, 7) is 9.48. The molecule has 3 aliphatic rings. The van der Waals surface area contributed by atoms with Gasteiger partial charge in [0.05, 0.1) is 10.6 Å². The molecular weight excluding hydrogens is 432 g/mol. The molecule has 2 aromatic rings. The first-order valence-corrected chi connectivity index (χ1v) is 13.1. The molecule has 0 radical (unpaired) electrons. The van der Waals surface area contributed by atoms with E-state index in [1.165, 1.54) is 48.3 Å². The molecule has 1 amide bonds. The minimum atomic E-state index is -0.0209. The van der Waals surface area contributed by atoms with Crippen molar-refractivity contribution in [2.75, 3.05) is 18.0 Å². The number of fused-ring (bicyclic) bond motifs is 2. The van der Waals surface area contributed by atoms with Crippen LogP contribution in [0.2, 0.25) is 0 Å². The Hall–Kier alpha value is -1.98. The van der Waals surface area contributed by atoms with E-state index < -0.39 is 0 Å². The smallest absolute Gasteiger partial charge is 0.273 e. The Bertz CT molecular complexity index is 1050. The summed E-state index contributed by atoms with van der Waals surface area (Å²) < 4.78 is 0. The molecule has 1 saturated heterocycles. The zero-order valence-electron chi connectivity index (χ0n) is 19.3. The van der Waals surface area contributed by atoms with Crippen molar-refractivity contribution in [2.24, 2.45) is 16.7 Å². The van der Waals surface area contributed by atoms with Crippen LogP contribution in [0.1, 0.15) is 62.5 Å². The number of allylic oxidation sites excluding steroid dienone is 1. The van der Waals surface area contributed by atoms with E-state index in [9.17, 15) is 4.79 Å². The third-order valence-corrected chi connectivity index (χ3v) is 9.67. The van der Waals surface area contributed by atoms with Gasteiger partial charge in [0.1, 0.15) is 4.99 Å². The predicted octanol–water partition coefficient (Wildman–Crippen LogP) is 6.92. The fourth-order valence-corrected chi connectivity index (χ4v) is 7.39. The Morgan fingerprint density at radius 2 is 1.78 bits per heavy atom. The summed E-state index contributed by atoms with van der Waals surface area (Å²) in [5.41, 5.74) is 3.78. The molecule has 0 N–H and O–H groups in total. The number of benzene rings is 1. The van der Waals surface area contributed by atoms with Crippen LogP contribution in [0, 0.1) is 16.7 Å². The minimum absolute atomic E-state index is 0.0209. The highest BCUT2D eigenvalue weighted by atomic mass is 32.1. The molecule has 0 spiro atoms. The first-order valence-electron chi connectivity index (χ1n) is 11.8. The number of hydrogen-bond donors (Lipinski definition) is 0. The van der Waals surface area contributed by atoms with E-state index in [4.69, 9.17) is 12.2 Å². The topological polar surface area (TPSA) is 23.6 Å². The molecule has 1 aromatic heterocycles. The lowest BCUT2D eigenvalue weighted by atomic mass is 9.69. The normalized spacial score (nSPS) is 26.5. The van der Waals surface area contributed by atoms with Crippen molar-refractivity contribution in [3.8, 4) is 0 Å². The number of thiocarbonyl (C=S) groups is 1. The van der Waals surface area contributed by atoms with Gasteiger partial charge in [0.15, 0.2) is 0 Å². The van der Waals surface area contributed by atoms with Gasteiger partial charge in [-0.15, -0.1) is 11.3 Å². The van der Waals surface area contributed by atoms with E-state index in [0.717, 1.165) is 30.1 Å². The largest absolute Gasteiger partial charge is 0.374 e. The van der Waals surface area contributed by atoms with Crippen LogP contribution in [-0.4, -0.2) is 28.9 Å². The Morgan fingerprint density at radius 1 is 1.06 bits per heavy atom. The van der Waals surface area contributed by atoms with Gasteiger partial charge in [0, 0.05) is 29.8 Å². The second-order valence-electron chi connectivity index (χ2n) is 10.2. The summed E-state index contributed by atoms with van der Waals surface area (Å²) in [5, 5.41) is 1.96. The molecule has 2 atom stereocenters. The molecule has 2 heterocycles. The maximum Gasteiger partial charge on any atom is 0.273 e. The number of nitrogens with zero attached hydrogens (tertiary/aromatic N) is 2. The van der Waals surface area contributed by atoms with Crippen molar-refractivity contribution in [3.63, 3.8) is 0 Å². The number of rotatable bonds is 4. The van der Waals surface area contributed by atoms with Gasteiger partial charge in [0.25, 0.3) is 5.91 Å². The number of thiophene rings is 1. The number of para-hydroxylation sites is 1. The molecule has 1 aromatic carbocycles. The highest BCUT2D eigenvalue weighted by Crippen LogP contribution is 2.68. The standard InChI is InChI=1S/C27H32N2OS2/c1-26(2)20-14-15-27(26,3)23(28-16-8-5-9-17-28)22(20)25(31)29(19-11-6-4-7-12-19)24(30)21-13-10-18-32-21/h4,6-7,10-13,18,20H,5,8-9,14-17H2,1-3H3/t20-,27+/m1/s1. The molecule has 32 heavy (non-hydrogen) atoms. The van der Waals surface area contributed by atoms with Crippen LogP contribution in [0.3, 0.4) is 0 Å². The zero-order valence-corrected chi connectivity index (χ0v) is 20.9. The maximum absolute atomic E-state index is 13.7. The van der Waals surface area contributed by atoms with Gasteiger partial charge in [-0.25, -0.2) is 0 Å². The molecule has 5 rings (SSSR count). The Kier molecular flexibility index (Phi) is 5.53. The fourth-order valence-electron chi connectivity index (χ4n) is 6.31. The molecule has 1 aliphatic heterocycles. The van der Waals surface area contributed by atoms with Gasteiger partial charge in [0.2, 0.25) is 0 Å². The number of hydrogen-bond acceptors (Lipinski definition) is 4. The molecule has 3 nitrogen and oxygen atoms in total. The first-order chi connectivity index (χ1) is 15.4. The molecule has 2 fully saturated rings. The van der Waals surface area contributed by atoms with E-state index in [1.54, 1.807) is 4.90 Å². The van der Waals surface area contributed by atoms with Crippen molar-refractivity contribution in [3.05, 3.63) is 64.0 Å². The van der Waals surface area contributed by atoms with Crippen LogP contribution in [0.5, 0.6) is 0 Å². The van der Waals surface area contributed by atoms with Crippen LogP contribution in [0.25, 0.3) is 0 Å². The Morgan fingerprint density at radius 3 is 2.44 bits per heavy atom. The molecule has 1 saturated carbocycles. The number of carbonyl (C=O) groups is 1. The molecule has 2 aliphatic carbocycles. The first kappa shape index (κ1) is 21.8. The number of carbonyl (C=O) groups excluding carboxylic acids is 1. The SMILES string of the molecule is CC1(C)[C@@H]2CC[C@@]1(C)C(N1CCCCC1)=C2C(=S)N(C(=O)c1cccs1)c1ccccc1. The average molecular weight is 465 g/mol. The third kappa shape index (κ3) is 3.19. The summed E-state index contributed by atoms with van der Waals surface area (Å²) in [7, 11) is 0. The Labute approximate surface area is 201 Å². The van der Waals surface area contributed by atoms with E-state index >= 15 is 0 Å². The lowest BCUT2D eigenvalue weighted by Crippen LogP contribution is -2.42. The second-order valence-corrected chi connectivity index (χ2v) is 11.5. The quantitative estimate of drug-likeness (QED) is 0.459. The van der Waals surface area contributed by atoms with Crippen LogP contribution in [0.4, 0.5) is 5.69 Å². The van der Waals surface area contributed by atoms with Gasteiger partial charge in [-0.3, -0.25) is 9.69 Å². The summed E-state index contributed by atoms with van der Waals surface area (Å²) in [4.78, 5) is 19.6. The average Bonchev–Trinajstić information content (AvgIpc) is 3.46. The van der Waals surface area contributed by atoms with Crippen LogP contribution < -0.4 is 4.90 Å². The van der Waals surface area contributed by atoms with Gasteiger partial charge in [-0.2, -0.15) is 0 Å². The summed E-state index contributed by atoms with van der Waals surface area (Å²) in [6.07, 6.45) is 6.13. The fraction of sp³-hybridized carbons (Fsp3) is 0.481. The summed E-state index contributed by atoms with van der Waals surface area (Å²) in [5.74, 6) is 0.367. The van der Waals surface area contributed by atoms with Crippen molar-refractivity contribution >= 4 is 40.1 Å². The van der Waals surface area contributed by atoms with Gasteiger partial charge in [-0.05, 0) is 67.0 Å². The zero-order chi connectivity index (χ0) is 22.5. The molecule has 168 valence electrons. The lowest BCUT2D eigenvalue weighted by Gasteiger charge is -2.43. The van der Waals surface area contributed by atoms with Crippen molar-refractivity contribution < 1.29 is 4.79 Å². The lowest BCUT2D eigenvalue weighted by molar-refractivity contribution is 0.101. The van der Waals surface area contributed by atoms with Crippen LogP contribution in [0.15, 0.2) is 59.1 Å². The van der Waals surface area contributed by atoms with Gasteiger partial charge >= 0.3 is 0 Å². The van der Waals surface area contributed by atoms with E-state index in [0.29, 0.717) is 10.9 Å². The minimum Gasteiger partial charge on any atom is -0.374 e. The maximum atomic E-state index is 13.7. The van der Waals surface area contributed by atoms with E-state index in [2.05, 4.69) is 25.7 Å². The summed E-state index contributed by atoms with van der Waals surface area (Å²) in [6, 6.07) is 13.8. The summed E-state index contributed by atoms with van der Waals surface area (Å²) >= 11 is 7.74. The highest BCUT2D eigenvalue weighted by Gasteiger charge is 2.63. The number of amides is 1. The van der Waals surface area contributed by atoms with Gasteiger partial charge < -0.3 is 4.90 Å².